The molecule has 0 aliphatic carbocycles. The second-order valence-electron chi connectivity index (χ2n) is 3.50. The van der Waals surface area contributed by atoms with Gasteiger partial charge in [-0.15, -0.1) is 0 Å². The molecule has 0 saturated heterocycles. The number of sulfonamides is 1. The summed E-state index contributed by atoms with van der Waals surface area (Å²) in [6, 6.07) is 5.73. The molecule has 1 aromatic carbocycles. The standard InChI is InChI=1S/C10H15NO4S2/c1-16(13)8-4-7-11-17(14,15)10-6-3-2-5-9(10)12/h2-3,5-6,11-12H,4,7-8H2,1H3. The van der Waals surface area contributed by atoms with E-state index >= 15 is 0 Å². The lowest BCUT2D eigenvalue weighted by Gasteiger charge is -2.07. The number of phenolic OH excluding ortho intramolecular Hbond substituents is 1. The molecule has 0 radical (unpaired) electrons. The lowest BCUT2D eigenvalue weighted by Crippen LogP contribution is -2.25. The van der Waals surface area contributed by atoms with Gasteiger partial charge < -0.3 is 5.11 Å². The monoisotopic (exact) mass is 277 g/mol. The topological polar surface area (TPSA) is 83.5 Å². The minimum Gasteiger partial charge on any atom is -0.507 e. The van der Waals surface area contributed by atoms with E-state index in [0.29, 0.717) is 12.2 Å². The number of para-hydroxylation sites is 1. The van der Waals surface area contributed by atoms with Crippen molar-refractivity contribution in [3.05, 3.63) is 24.3 Å². The van der Waals surface area contributed by atoms with Crippen LogP contribution in [0.5, 0.6) is 5.75 Å². The fourth-order valence-electron chi connectivity index (χ4n) is 1.24. The Morgan fingerprint density at radius 3 is 2.59 bits per heavy atom. The summed E-state index contributed by atoms with van der Waals surface area (Å²) in [5.74, 6) is 0.169. The number of phenols is 1. The van der Waals surface area contributed by atoms with Gasteiger partial charge >= 0.3 is 0 Å². The largest absolute Gasteiger partial charge is 0.507 e. The Hall–Kier alpha value is -0.920. The molecule has 0 fully saturated rings. The zero-order valence-corrected chi connectivity index (χ0v) is 11.1. The van der Waals surface area contributed by atoms with Crippen LogP contribution in [0.4, 0.5) is 0 Å². The Bertz CT molecular complexity index is 499. The smallest absolute Gasteiger partial charge is 0.244 e. The van der Waals surface area contributed by atoms with E-state index in [1.54, 1.807) is 12.3 Å². The number of rotatable bonds is 6. The molecular weight excluding hydrogens is 262 g/mol. The third-order valence-corrected chi connectivity index (χ3v) is 4.43. The lowest BCUT2D eigenvalue weighted by atomic mass is 10.3. The van der Waals surface area contributed by atoms with Crippen molar-refractivity contribution >= 4 is 20.8 Å². The molecule has 17 heavy (non-hydrogen) atoms. The van der Waals surface area contributed by atoms with Gasteiger partial charge in [-0.25, -0.2) is 13.1 Å². The van der Waals surface area contributed by atoms with Crippen LogP contribution in [-0.2, 0) is 20.8 Å². The molecule has 0 saturated carbocycles. The van der Waals surface area contributed by atoms with Crippen molar-refractivity contribution in [1.29, 1.82) is 0 Å². The summed E-state index contributed by atoms with van der Waals surface area (Å²) in [6.45, 7) is 0.205. The predicted octanol–water partition coefficient (Wildman–Crippen LogP) is 0.439. The van der Waals surface area contributed by atoms with Crippen LogP contribution in [0.15, 0.2) is 29.2 Å². The van der Waals surface area contributed by atoms with Crippen LogP contribution in [0, 0.1) is 0 Å². The van der Waals surface area contributed by atoms with Gasteiger partial charge in [0.05, 0.1) is 0 Å². The Balaban J connectivity index is 2.64. The maximum absolute atomic E-state index is 11.8. The highest BCUT2D eigenvalue weighted by Gasteiger charge is 2.16. The molecule has 0 aliphatic rings. The van der Waals surface area contributed by atoms with Crippen molar-refractivity contribution in [2.75, 3.05) is 18.6 Å². The maximum Gasteiger partial charge on any atom is 0.244 e. The van der Waals surface area contributed by atoms with Crippen molar-refractivity contribution in [1.82, 2.24) is 4.72 Å². The van der Waals surface area contributed by atoms with Crippen LogP contribution in [0.25, 0.3) is 0 Å². The fourth-order valence-corrected chi connectivity index (χ4v) is 2.96. The zero-order chi connectivity index (χ0) is 12.9. The van der Waals surface area contributed by atoms with Crippen molar-refractivity contribution in [2.24, 2.45) is 0 Å². The summed E-state index contributed by atoms with van der Waals surface area (Å²) in [5, 5.41) is 9.42. The highest BCUT2D eigenvalue weighted by molar-refractivity contribution is 7.89. The number of nitrogens with one attached hydrogen (secondary N) is 1. The second kappa shape index (κ2) is 6.13. The molecule has 96 valence electrons. The highest BCUT2D eigenvalue weighted by atomic mass is 32.2. The number of benzene rings is 1. The van der Waals surface area contributed by atoms with Crippen molar-refractivity contribution in [3.63, 3.8) is 0 Å². The Morgan fingerprint density at radius 1 is 1.35 bits per heavy atom. The molecule has 0 aromatic heterocycles. The SMILES string of the molecule is CS(=O)CCCNS(=O)(=O)c1ccccc1O. The molecule has 1 aromatic rings. The number of aromatic hydroxyl groups is 1. The summed E-state index contributed by atoms with van der Waals surface area (Å²) >= 11 is 0. The van der Waals surface area contributed by atoms with Gasteiger partial charge in [0.2, 0.25) is 10.0 Å². The van der Waals surface area contributed by atoms with Gasteiger partial charge in [-0.1, -0.05) is 12.1 Å². The van der Waals surface area contributed by atoms with Gasteiger partial charge in [0, 0.05) is 29.4 Å². The van der Waals surface area contributed by atoms with Gasteiger partial charge in [0.1, 0.15) is 10.6 Å². The summed E-state index contributed by atoms with van der Waals surface area (Å²) in [4.78, 5) is -0.141. The second-order valence-corrected chi connectivity index (χ2v) is 6.79. The zero-order valence-electron chi connectivity index (χ0n) is 9.42. The van der Waals surface area contributed by atoms with E-state index in [-0.39, 0.29) is 17.2 Å². The van der Waals surface area contributed by atoms with E-state index in [2.05, 4.69) is 4.72 Å². The van der Waals surface area contributed by atoms with Crippen molar-refractivity contribution < 1.29 is 17.7 Å². The maximum atomic E-state index is 11.8. The first-order chi connectivity index (χ1) is 7.93. The summed E-state index contributed by atoms with van der Waals surface area (Å²) in [5.41, 5.74) is 0. The first-order valence-electron chi connectivity index (χ1n) is 5.01. The molecule has 0 amide bonds. The van der Waals surface area contributed by atoms with E-state index in [9.17, 15) is 17.7 Å². The normalized spacial score (nSPS) is 13.5. The Kier molecular flexibility index (Phi) is 5.10. The Labute approximate surface area is 103 Å². The van der Waals surface area contributed by atoms with Crippen LogP contribution in [-0.4, -0.2) is 36.3 Å². The minimum absolute atomic E-state index is 0.141. The summed E-state index contributed by atoms with van der Waals surface area (Å²) in [7, 11) is -4.61. The molecule has 0 heterocycles. The third kappa shape index (κ3) is 4.45. The lowest BCUT2D eigenvalue weighted by molar-refractivity contribution is 0.458. The highest BCUT2D eigenvalue weighted by Crippen LogP contribution is 2.20. The van der Waals surface area contributed by atoms with Crippen molar-refractivity contribution in [2.45, 2.75) is 11.3 Å². The van der Waals surface area contributed by atoms with Crippen LogP contribution >= 0.6 is 0 Å². The first-order valence-corrected chi connectivity index (χ1v) is 8.22. The fraction of sp³-hybridized carbons (Fsp3) is 0.400. The van der Waals surface area contributed by atoms with E-state index in [4.69, 9.17) is 0 Å². The summed E-state index contributed by atoms with van der Waals surface area (Å²) < 4.78 is 36.6. The van der Waals surface area contributed by atoms with E-state index in [1.807, 2.05) is 0 Å². The molecule has 2 N–H and O–H groups in total. The van der Waals surface area contributed by atoms with Crippen LogP contribution in [0.1, 0.15) is 6.42 Å². The number of hydrogen-bond donors (Lipinski definition) is 2. The predicted molar refractivity (Wildman–Crippen MR) is 66.8 cm³/mol. The average molecular weight is 277 g/mol. The van der Waals surface area contributed by atoms with Gasteiger partial charge in [-0.3, -0.25) is 4.21 Å². The van der Waals surface area contributed by atoms with Crippen LogP contribution < -0.4 is 4.72 Å². The van der Waals surface area contributed by atoms with Gasteiger partial charge in [0.25, 0.3) is 0 Å². The first kappa shape index (κ1) is 14.1. The van der Waals surface area contributed by atoms with E-state index in [0.717, 1.165) is 0 Å². The quantitative estimate of drug-likeness (QED) is 0.739. The minimum atomic E-state index is -3.69. The van der Waals surface area contributed by atoms with E-state index in [1.165, 1.54) is 18.2 Å². The van der Waals surface area contributed by atoms with Gasteiger partial charge in [0.15, 0.2) is 0 Å². The Morgan fingerprint density at radius 2 is 2.00 bits per heavy atom. The van der Waals surface area contributed by atoms with Crippen molar-refractivity contribution in [3.8, 4) is 5.75 Å². The summed E-state index contributed by atoms with van der Waals surface area (Å²) in [6.07, 6.45) is 2.06. The molecule has 7 heteroatoms. The molecular formula is C10H15NO4S2. The molecule has 1 atom stereocenters. The van der Waals surface area contributed by atoms with E-state index < -0.39 is 20.8 Å². The van der Waals surface area contributed by atoms with Crippen LogP contribution in [0.2, 0.25) is 0 Å². The third-order valence-electron chi connectivity index (χ3n) is 2.06. The average Bonchev–Trinajstić information content (AvgIpc) is 2.24. The molecule has 0 spiro atoms. The molecule has 1 unspecified atom stereocenters. The number of hydrogen-bond acceptors (Lipinski definition) is 4. The van der Waals surface area contributed by atoms with Crippen LogP contribution in [0.3, 0.4) is 0 Å². The van der Waals surface area contributed by atoms with Gasteiger partial charge in [-0.05, 0) is 18.6 Å². The molecule has 1 rings (SSSR count). The molecule has 0 aliphatic heterocycles. The molecule has 0 bridgehead atoms. The molecule has 5 nitrogen and oxygen atoms in total. The van der Waals surface area contributed by atoms with Gasteiger partial charge in [-0.2, -0.15) is 0 Å².